The van der Waals surface area contributed by atoms with Crippen LogP contribution < -0.4 is 0 Å². The van der Waals surface area contributed by atoms with Crippen molar-refractivity contribution in [3.63, 3.8) is 0 Å². The molecule has 0 N–H and O–H groups in total. The van der Waals surface area contributed by atoms with Crippen molar-refractivity contribution in [2.45, 2.75) is 12.3 Å². The van der Waals surface area contributed by atoms with Crippen LogP contribution in [0.1, 0.15) is 27.5 Å². The molecule has 1 unspecified atom stereocenters. The van der Waals surface area contributed by atoms with E-state index in [1.807, 2.05) is 84.9 Å². The average molecular weight is 337 g/mol. The van der Waals surface area contributed by atoms with Crippen molar-refractivity contribution < 1.29 is 4.79 Å². The number of carbonyl (C=O) groups is 1. The average Bonchev–Trinajstić information content (AvgIpc) is 2.72. The molecule has 1 heterocycles. The molecule has 3 aromatic carbocycles. The molecule has 2 nitrogen and oxygen atoms in total. The van der Waals surface area contributed by atoms with Gasteiger partial charge in [-0.15, -0.1) is 0 Å². The lowest BCUT2D eigenvalue weighted by atomic mass is 9.88. The van der Waals surface area contributed by atoms with Crippen LogP contribution in [0.15, 0.2) is 97.1 Å². The highest BCUT2D eigenvalue weighted by Gasteiger charge is 2.24. The van der Waals surface area contributed by atoms with Gasteiger partial charge in [0.2, 0.25) is 0 Å². The number of rotatable bonds is 5. The number of aromatic nitrogens is 1. The summed E-state index contributed by atoms with van der Waals surface area (Å²) in [7, 11) is 0. The molecule has 1 aromatic heterocycles. The predicted molar refractivity (Wildman–Crippen MR) is 105 cm³/mol. The van der Waals surface area contributed by atoms with Crippen molar-refractivity contribution in [1.82, 2.24) is 4.98 Å². The van der Waals surface area contributed by atoms with E-state index in [0.717, 1.165) is 27.7 Å². The Balaban J connectivity index is 1.77. The molecular weight excluding hydrogens is 318 g/mol. The molecule has 0 aliphatic rings. The Kier molecular flexibility index (Phi) is 4.57. The third kappa shape index (κ3) is 3.40. The van der Waals surface area contributed by atoms with Crippen LogP contribution in [-0.2, 0) is 6.42 Å². The highest BCUT2D eigenvalue weighted by atomic mass is 16.1. The van der Waals surface area contributed by atoms with Crippen LogP contribution in [0.5, 0.6) is 0 Å². The fraction of sp³-hybridized carbons (Fsp3) is 0.0833. The lowest BCUT2D eigenvalue weighted by Crippen LogP contribution is -2.17. The monoisotopic (exact) mass is 337 g/mol. The Hall–Kier alpha value is -3.26. The highest BCUT2D eigenvalue weighted by Crippen LogP contribution is 2.26. The molecule has 0 aliphatic carbocycles. The Bertz CT molecular complexity index is 1030. The van der Waals surface area contributed by atoms with Crippen LogP contribution in [0.2, 0.25) is 0 Å². The number of hydrogen-bond acceptors (Lipinski definition) is 2. The van der Waals surface area contributed by atoms with E-state index in [2.05, 4.69) is 12.1 Å². The first kappa shape index (κ1) is 16.2. The first-order valence-corrected chi connectivity index (χ1v) is 8.80. The van der Waals surface area contributed by atoms with E-state index >= 15 is 0 Å². The molecule has 0 spiro atoms. The summed E-state index contributed by atoms with van der Waals surface area (Å²) in [6.07, 6.45) is 0.639. The fourth-order valence-electron chi connectivity index (χ4n) is 3.26. The summed E-state index contributed by atoms with van der Waals surface area (Å²) in [4.78, 5) is 18.0. The number of fused-ring (bicyclic) bond motifs is 1. The number of Topliss-reactive ketones (excluding diaryl/α,β-unsaturated/α-hetero) is 1. The zero-order valence-corrected chi connectivity index (χ0v) is 14.4. The van der Waals surface area contributed by atoms with Gasteiger partial charge in [0.1, 0.15) is 0 Å². The summed E-state index contributed by atoms with van der Waals surface area (Å²) in [5, 5.41) is 1.09. The maximum Gasteiger partial charge on any atom is 0.172 e. The highest BCUT2D eigenvalue weighted by molar-refractivity contribution is 6.01. The smallest absolute Gasteiger partial charge is 0.172 e. The summed E-state index contributed by atoms with van der Waals surface area (Å²) in [6, 6.07) is 31.7. The molecule has 1 atom stereocenters. The number of nitrogens with zero attached hydrogens (tertiary/aromatic N) is 1. The van der Waals surface area contributed by atoms with Crippen molar-refractivity contribution in [1.29, 1.82) is 0 Å². The van der Waals surface area contributed by atoms with E-state index in [0.29, 0.717) is 6.42 Å². The van der Waals surface area contributed by atoms with Gasteiger partial charge >= 0.3 is 0 Å². The van der Waals surface area contributed by atoms with Gasteiger partial charge in [0, 0.05) is 10.9 Å². The van der Waals surface area contributed by atoms with Crippen molar-refractivity contribution >= 4 is 16.7 Å². The van der Waals surface area contributed by atoms with Crippen LogP contribution in [0, 0.1) is 0 Å². The first-order valence-electron chi connectivity index (χ1n) is 8.80. The third-order valence-electron chi connectivity index (χ3n) is 4.63. The third-order valence-corrected chi connectivity index (χ3v) is 4.63. The molecule has 0 bridgehead atoms. The van der Waals surface area contributed by atoms with Crippen LogP contribution in [0.3, 0.4) is 0 Å². The second-order valence-corrected chi connectivity index (χ2v) is 6.40. The van der Waals surface area contributed by atoms with Gasteiger partial charge in [-0.3, -0.25) is 9.78 Å². The molecule has 0 aliphatic heterocycles. The van der Waals surface area contributed by atoms with Crippen molar-refractivity contribution in [3.8, 4) is 0 Å². The van der Waals surface area contributed by atoms with E-state index < -0.39 is 0 Å². The van der Waals surface area contributed by atoms with Crippen molar-refractivity contribution in [2.75, 3.05) is 0 Å². The SMILES string of the molecule is O=C(c1ccccc1)C(Cc1ccccc1)c1ccc2ccccc2n1. The van der Waals surface area contributed by atoms with Crippen LogP contribution >= 0.6 is 0 Å². The largest absolute Gasteiger partial charge is 0.293 e. The van der Waals surface area contributed by atoms with Crippen LogP contribution in [-0.4, -0.2) is 10.8 Å². The van der Waals surface area contributed by atoms with E-state index in [4.69, 9.17) is 4.98 Å². The van der Waals surface area contributed by atoms with Gasteiger partial charge in [-0.1, -0.05) is 84.9 Å². The summed E-state index contributed by atoms with van der Waals surface area (Å²) in [5.41, 5.74) is 3.60. The molecule has 0 amide bonds. The molecule has 0 saturated carbocycles. The van der Waals surface area contributed by atoms with Gasteiger partial charge in [0.15, 0.2) is 5.78 Å². The normalized spacial score (nSPS) is 12.0. The zero-order valence-electron chi connectivity index (χ0n) is 14.4. The minimum absolute atomic E-state index is 0.109. The standard InChI is InChI=1S/C24H19NO/c26-24(20-12-5-2-6-13-20)21(17-18-9-3-1-4-10-18)23-16-15-19-11-7-8-14-22(19)25-23/h1-16,21H,17H2. The Labute approximate surface area is 153 Å². The molecule has 2 heteroatoms. The van der Waals surface area contributed by atoms with Crippen molar-refractivity contribution in [3.05, 3.63) is 114 Å². The van der Waals surface area contributed by atoms with Crippen LogP contribution in [0.25, 0.3) is 10.9 Å². The molecule has 0 fully saturated rings. The molecule has 4 rings (SSSR count). The Morgan fingerprint density at radius 1 is 0.731 bits per heavy atom. The van der Waals surface area contributed by atoms with Gasteiger partial charge in [-0.05, 0) is 24.1 Å². The molecular formula is C24H19NO. The number of ketones is 1. The van der Waals surface area contributed by atoms with Gasteiger partial charge < -0.3 is 0 Å². The maximum atomic E-state index is 13.2. The minimum atomic E-state index is -0.301. The summed E-state index contributed by atoms with van der Waals surface area (Å²) in [6.45, 7) is 0. The first-order chi connectivity index (χ1) is 12.8. The van der Waals surface area contributed by atoms with Gasteiger partial charge in [-0.2, -0.15) is 0 Å². The number of pyridine rings is 1. The summed E-state index contributed by atoms with van der Waals surface area (Å²) >= 11 is 0. The Morgan fingerprint density at radius 3 is 2.15 bits per heavy atom. The lowest BCUT2D eigenvalue weighted by molar-refractivity contribution is 0.0957. The second-order valence-electron chi connectivity index (χ2n) is 6.40. The van der Waals surface area contributed by atoms with Crippen LogP contribution in [0.4, 0.5) is 0 Å². The second kappa shape index (κ2) is 7.32. The summed E-state index contributed by atoms with van der Waals surface area (Å²) in [5.74, 6) is -0.193. The quantitative estimate of drug-likeness (QED) is 0.454. The molecule has 0 saturated heterocycles. The van der Waals surface area contributed by atoms with E-state index in [9.17, 15) is 4.79 Å². The number of para-hydroxylation sites is 1. The molecule has 126 valence electrons. The maximum absolute atomic E-state index is 13.2. The predicted octanol–water partition coefficient (Wildman–Crippen LogP) is 5.44. The zero-order chi connectivity index (χ0) is 17.8. The minimum Gasteiger partial charge on any atom is -0.293 e. The summed E-state index contributed by atoms with van der Waals surface area (Å²) < 4.78 is 0. The Morgan fingerprint density at radius 2 is 1.38 bits per heavy atom. The number of benzene rings is 3. The van der Waals surface area contributed by atoms with Crippen molar-refractivity contribution in [2.24, 2.45) is 0 Å². The van der Waals surface area contributed by atoms with E-state index in [-0.39, 0.29) is 11.7 Å². The van der Waals surface area contributed by atoms with Gasteiger partial charge in [-0.25, -0.2) is 0 Å². The van der Waals surface area contributed by atoms with E-state index in [1.54, 1.807) is 0 Å². The number of carbonyl (C=O) groups excluding carboxylic acids is 1. The number of hydrogen-bond donors (Lipinski definition) is 0. The topological polar surface area (TPSA) is 30.0 Å². The van der Waals surface area contributed by atoms with Gasteiger partial charge in [0.25, 0.3) is 0 Å². The molecule has 0 radical (unpaired) electrons. The fourth-order valence-corrected chi connectivity index (χ4v) is 3.26. The van der Waals surface area contributed by atoms with Gasteiger partial charge in [0.05, 0.1) is 17.1 Å². The lowest BCUT2D eigenvalue weighted by Gasteiger charge is -2.16. The van der Waals surface area contributed by atoms with E-state index in [1.165, 1.54) is 0 Å². The molecule has 4 aromatic rings. The molecule has 26 heavy (non-hydrogen) atoms.